The van der Waals surface area contributed by atoms with Gasteiger partial charge in [0.25, 0.3) is 0 Å². The second kappa shape index (κ2) is 6.85. The van der Waals surface area contributed by atoms with Gasteiger partial charge in [0.15, 0.2) is 9.84 Å². The van der Waals surface area contributed by atoms with Gasteiger partial charge in [0, 0.05) is 18.3 Å². The molecule has 2 aromatic rings. The van der Waals surface area contributed by atoms with Gasteiger partial charge in [-0.15, -0.1) is 11.3 Å². The van der Waals surface area contributed by atoms with E-state index in [4.69, 9.17) is 0 Å². The lowest BCUT2D eigenvalue weighted by Crippen LogP contribution is -2.12. The number of rotatable bonds is 7. The molecule has 0 aliphatic heterocycles. The van der Waals surface area contributed by atoms with Crippen LogP contribution in [0, 0.1) is 0 Å². The lowest BCUT2D eigenvalue weighted by Gasteiger charge is -2.11. The first-order valence-corrected chi connectivity index (χ1v) is 9.15. The van der Waals surface area contributed by atoms with Crippen LogP contribution in [-0.4, -0.2) is 25.7 Å². The number of hydrogen-bond acceptors (Lipinski definition) is 5. The second-order valence-electron chi connectivity index (χ2n) is 4.47. The third-order valence-electron chi connectivity index (χ3n) is 2.88. The maximum Gasteiger partial charge on any atom is 0.180 e. The number of hydrogen-bond donors (Lipinski definition) is 1. The quantitative estimate of drug-likeness (QED) is 0.854. The van der Waals surface area contributed by atoms with Crippen LogP contribution in [0.5, 0.6) is 0 Å². The van der Waals surface area contributed by atoms with Crippen LogP contribution in [0.15, 0.2) is 40.1 Å². The molecule has 1 heterocycles. The molecule has 0 atom stereocenters. The topological polar surface area (TPSA) is 59.1 Å². The van der Waals surface area contributed by atoms with E-state index in [1.807, 2.05) is 24.4 Å². The smallest absolute Gasteiger partial charge is 0.180 e. The van der Waals surface area contributed by atoms with Gasteiger partial charge in [0.1, 0.15) is 0 Å². The number of nitrogens with zero attached hydrogens (tertiary/aromatic N) is 1. The number of benzene rings is 1. The van der Waals surface area contributed by atoms with E-state index in [-0.39, 0.29) is 5.75 Å². The Bertz CT molecular complexity index is 637. The standard InChI is InChI=1S/C14H18N2O2S2/c1-2-9-20(17,18)14-6-4-3-5-13(14)15-8-7-12-10-19-11-16-12/h3-6,10-11,15H,2,7-9H2,1H3. The zero-order chi connectivity index (χ0) is 14.4. The van der Waals surface area contributed by atoms with Crippen LogP contribution in [-0.2, 0) is 16.3 Å². The highest BCUT2D eigenvalue weighted by atomic mass is 32.2. The zero-order valence-corrected chi connectivity index (χ0v) is 13.0. The molecule has 20 heavy (non-hydrogen) atoms. The van der Waals surface area contributed by atoms with Crippen LogP contribution in [0.4, 0.5) is 5.69 Å². The summed E-state index contributed by atoms with van der Waals surface area (Å²) >= 11 is 1.57. The van der Waals surface area contributed by atoms with Gasteiger partial charge in [-0.3, -0.25) is 0 Å². The van der Waals surface area contributed by atoms with Gasteiger partial charge in [-0.1, -0.05) is 19.1 Å². The normalized spacial score (nSPS) is 11.4. The molecule has 0 bridgehead atoms. The lowest BCUT2D eigenvalue weighted by molar-refractivity contribution is 0.595. The van der Waals surface area contributed by atoms with Crippen molar-refractivity contribution in [1.29, 1.82) is 0 Å². The van der Waals surface area contributed by atoms with E-state index >= 15 is 0 Å². The zero-order valence-electron chi connectivity index (χ0n) is 11.4. The lowest BCUT2D eigenvalue weighted by atomic mass is 10.3. The molecule has 1 N–H and O–H groups in total. The summed E-state index contributed by atoms with van der Waals surface area (Å²) in [7, 11) is -3.20. The molecule has 0 aliphatic rings. The minimum atomic E-state index is -3.20. The van der Waals surface area contributed by atoms with E-state index in [2.05, 4.69) is 10.3 Å². The summed E-state index contributed by atoms with van der Waals surface area (Å²) in [5.41, 5.74) is 3.50. The van der Waals surface area contributed by atoms with Crippen molar-refractivity contribution < 1.29 is 8.42 Å². The maximum atomic E-state index is 12.2. The van der Waals surface area contributed by atoms with Gasteiger partial charge >= 0.3 is 0 Å². The van der Waals surface area contributed by atoms with E-state index in [0.29, 0.717) is 23.5 Å². The highest BCUT2D eigenvalue weighted by Crippen LogP contribution is 2.22. The van der Waals surface area contributed by atoms with Crippen molar-refractivity contribution in [2.24, 2.45) is 0 Å². The van der Waals surface area contributed by atoms with Gasteiger partial charge in [-0.2, -0.15) is 0 Å². The Morgan fingerprint density at radius 1 is 1.30 bits per heavy atom. The third kappa shape index (κ3) is 3.80. The SMILES string of the molecule is CCCS(=O)(=O)c1ccccc1NCCc1cscn1. The summed E-state index contributed by atoms with van der Waals surface area (Å²) in [6, 6.07) is 7.07. The number of thiazole rings is 1. The fraction of sp³-hybridized carbons (Fsp3) is 0.357. The Morgan fingerprint density at radius 2 is 2.10 bits per heavy atom. The van der Waals surface area contributed by atoms with Gasteiger partial charge in [-0.05, 0) is 18.6 Å². The van der Waals surface area contributed by atoms with Crippen LogP contribution in [0.1, 0.15) is 19.0 Å². The first-order valence-electron chi connectivity index (χ1n) is 6.56. The molecule has 0 saturated heterocycles. The van der Waals surface area contributed by atoms with Crippen LogP contribution in [0.2, 0.25) is 0 Å². The Balaban J connectivity index is 2.08. The summed E-state index contributed by atoms with van der Waals surface area (Å²) < 4.78 is 24.4. The highest BCUT2D eigenvalue weighted by molar-refractivity contribution is 7.91. The number of para-hydroxylation sites is 1. The van der Waals surface area contributed by atoms with E-state index < -0.39 is 9.84 Å². The minimum Gasteiger partial charge on any atom is -0.384 e. The number of aromatic nitrogens is 1. The highest BCUT2D eigenvalue weighted by Gasteiger charge is 2.16. The number of sulfone groups is 1. The van der Waals surface area contributed by atoms with E-state index in [0.717, 1.165) is 12.1 Å². The molecule has 1 aromatic carbocycles. The predicted molar refractivity (Wildman–Crippen MR) is 83.1 cm³/mol. The van der Waals surface area contributed by atoms with Crippen LogP contribution >= 0.6 is 11.3 Å². The minimum absolute atomic E-state index is 0.178. The van der Waals surface area contributed by atoms with Crippen LogP contribution in [0.25, 0.3) is 0 Å². The van der Waals surface area contributed by atoms with E-state index in [1.165, 1.54) is 0 Å². The first-order chi connectivity index (χ1) is 9.63. The largest absolute Gasteiger partial charge is 0.384 e. The van der Waals surface area contributed by atoms with Gasteiger partial charge in [0.2, 0.25) is 0 Å². The molecule has 0 fully saturated rings. The molecule has 0 unspecified atom stereocenters. The molecule has 108 valence electrons. The molecule has 6 heteroatoms. The van der Waals surface area contributed by atoms with E-state index in [9.17, 15) is 8.42 Å². The fourth-order valence-electron chi connectivity index (χ4n) is 1.95. The van der Waals surface area contributed by atoms with Gasteiger partial charge < -0.3 is 5.32 Å². The number of nitrogens with one attached hydrogen (secondary N) is 1. The predicted octanol–water partition coefficient (Wildman–Crippen LogP) is 2.98. The Labute approximate surface area is 123 Å². The summed E-state index contributed by atoms with van der Waals surface area (Å²) in [5, 5.41) is 5.20. The van der Waals surface area contributed by atoms with Crippen LogP contribution in [0.3, 0.4) is 0 Å². The average Bonchev–Trinajstić information content (AvgIpc) is 2.92. The summed E-state index contributed by atoms with van der Waals surface area (Å²) in [5.74, 6) is 0.178. The van der Waals surface area contributed by atoms with Crippen molar-refractivity contribution in [3.8, 4) is 0 Å². The van der Waals surface area contributed by atoms with Crippen LogP contribution < -0.4 is 5.32 Å². The van der Waals surface area contributed by atoms with Crippen molar-refractivity contribution in [1.82, 2.24) is 4.98 Å². The Kier molecular flexibility index (Phi) is 5.14. The molecule has 0 amide bonds. The molecule has 1 aromatic heterocycles. The molecule has 0 spiro atoms. The summed E-state index contributed by atoms with van der Waals surface area (Å²) in [4.78, 5) is 4.60. The molecule has 0 saturated carbocycles. The third-order valence-corrected chi connectivity index (χ3v) is 5.48. The van der Waals surface area contributed by atoms with Crippen molar-refractivity contribution in [3.63, 3.8) is 0 Å². The van der Waals surface area contributed by atoms with Gasteiger partial charge in [-0.25, -0.2) is 13.4 Å². The van der Waals surface area contributed by atoms with Crippen molar-refractivity contribution in [2.45, 2.75) is 24.7 Å². The molecular weight excluding hydrogens is 292 g/mol. The first kappa shape index (κ1) is 15.0. The molecular formula is C14H18N2O2S2. The summed E-state index contributed by atoms with van der Waals surface area (Å²) in [6.07, 6.45) is 1.40. The Hall–Kier alpha value is -1.40. The van der Waals surface area contributed by atoms with Gasteiger partial charge in [0.05, 0.1) is 27.5 Å². The molecule has 2 rings (SSSR count). The monoisotopic (exact) mass is 310 g/mol. The van der Waals surface area contributed by atoms with E-state index in [1.54, 1.807) is 29.0 Å². The average molecular weight is 310 g/mol. The maximum absolute atomic E-state index is 12.2. The molecule has 0 aliphatic carbocycles. The van der Waals surface area contributed by atoms with Crippen molar-refractivity contribution in [3.05, 3.63) is 40.8 Å². The Morgan fingerprint density at radius 3 is 2.80 bits per heavy atom. The summed E-state index contributed by atoms with van der Waals surface area (Å²) in [6.45, 7) is 2.54. The fourth-order valence-corrected chi connectivity index (χ4v) is 4.06. The number of anilines is 1. The molecule has 0 radical (unpaired) electrons. The molecule has 4 nitrogen and oxygen atoms in total. The second-order valence-corrected chi connectivity index (χ2v) is 7.27. The van der Waals surface area contributed by atoms with Crippen molar-refractivity contribution in [2.75, 3.05) is 17.6 Å². The van der Waals surface area contributed by atoms with Crippen molar-refractivity contribution >= 4 is 26.9 Å².